The number of rotatable bonds is 7. The highest BCUT2D eigenvalue weighted by Gasteiger charge is 2.39. The number of carboxylic acid groups (broad SMARTS) is 1. The van der Waals surface area contributed by atoms with Crippen LogP contribution in [0.3, 0.4) is 0 Å². The van der Waals surface area contributed by atoms with Crippen molar-refractivity contribution in [2.24, 2.45) is 0 Å². The Kier molecular flexibility index (Phi) is 5.47. The van der Waals surface area contributed by atoms with Crippen molar-refractivity contribution in [3.8, 4) is 0 Å². The monoisotopic (exact) mass is 379 g/mol. The van der Waals surface area contributed by atoms with E-state index >= 15 is 0 Å². The van der Waals surface area contributed by atoms with E-state index in [1.807, 2.05) is 0 Å². The summed E-state index contributed by atoms with van der Waals surface area (Å²) in [5.74, 6) is -3.28. The normalized spacial score (nSPS) is 15.1. The lowest BCUT2D eigenvalue weighted by Crippen LogP contribution is -2.35. The number of aromatic amines is 1. The molecule has 0 saturated carbocycles. The third-order valence-electron chi connectivity index (χ3n) is 3.83. The molecule has 11 heteroatoms. The van der Waals surface area contributed by atoms with Crippen molar-refractivity contribution in [3.63, 3.8) is 0 Å². The number of amides is 1. The third kappa shape index (κ3) is 4.98. The van der Waals surface area contributed by atoms with E-state index in [0.29, 0.717) is 5.69 Å². The molecule has 0 radical (unpaired) electrons. The molecule has 0 saturated heterocycles. The Bertz CT molecular complexity index is 775. The Labute approximate surface area is 143 Å². The molecule has 25 heavy (non-hydrogen) atoms. The zero-order chi connectivity index (χ0) is 18.8. The van der Waals surface area contributed by atoms with Crippen molar-refractivity contribution in [2.75, 3.05) is 19.4 Å². The molecule has 0 spiro atoms. The van der Waals surface area contributed by atoms with Crippen LogP contribution in [0.4, 0.5) is 13.6 Å². The van der Waals surface area contributed by atoms with Gasteiger partial charge >= 0.3 is 6.09 Å². The van der Waals surface area contributed by atoms with Crippen molar-refractivity contribution in [1.29, 1.82) is 0 Å². The van der Waals surface area contributed by atoms with Gasteiger partial charge in [0.1, 0.15) is 5.69 Å². The van der Waals surface area contributed by atoms with E-state index in [-0.39, 0.29) is 43.7 Å². The average Bonchev–Trinajstić information content (AvgIpc) is 2.94. The summed E-state index contributed by atoms with van der Waals surface area (Å²) < 4.78 is 55.3. The van der Waals surface area contributed by atoms with Gasteiger partial charge in [0.05, 0.1) is 25.1 Å². The first-order valence-electron chi connectivity index (χ1n) is 7.43. The predicted molar refractivity (Wildman–Crippen MR) is 83.8 cm³/mol. The summed E-state index contributed by atoms with van der Waals surface area (Å²) in [5.41, 5.74) is 0.430. The molecule has 1 aliphatic rings. The minimum Gasteiger partial charge on any atom is -0.465 e. The Hall–Kier alpha value is -2.01. The SMILES string of the molecule is C=C(CCC(F)(F)c1[nH]nc2c1CN(C(=O)O)CC2)COS(C)(=O)=O. The van der Waals surface area contributed by atoms with Crippen LogP contribution in [0.5, 0.6) is 0 Å². The van der Waals surface area contributed by atoms with Crippen LogP contribution in [0.25, 0.3) is 0 Å². The maximum atomic E-state index is 14.5. The minimum atomic E-state index is -3.67. The second kappa shape index (κ2) is 7.08. The number of fused-ring (bicyclic) bond motifs is 1. The lowest BCUT2D eigenvalue weighted by Gasteiger charge is -2.25. The van der Waals surface area contributed by atoms with Crippen molar-refractivity contribution in [2.45, 2.75) is 31.7 Å². The molecule has 0 atom stereocenters. The van der Waals surface area contributed by atoms with Crippen molar-refractivity contribution >= 4 is 16.2 Å². The van der Waals surface area contributed by atoms with E-state index in [1.54, 1.807) is 0 Å². The van der Waals surface area contributed by atoms with Crippen LogP contribution in [0.2, 0.25) is 0 Å². The molecular formula is C14H19F2N3O5S. The van der Waals surface area contributed by atoms with Crippen molar-refractivity contribution in [3.05, 3.63) is 29.1 Å². The number of aromatic nitrogens is 2. The number of halogens is 2. The van der Waals surface area contributed by atoms with Gasteiger partial charge < -0.3 is 10.0 Å². The molecule has 0 fully saturated rings. The number of hydrogen-bond donors (Lipinski definition) is 2. The van der Waals surface area contributed by atoms with Crippen LogP contribution in [0, 0.1) is 0 Å². The zero-order valence-electron chi connectivity index (χ0n) is 13.6. The minimum absolute atomic E-state index is 0.149. The van der Waals surface area contributed by atoms with Crippen molar-refractivity contribution < 1.29 is 31.3 Å². The maximum Gasteiger partial charge on any atom is 0.407 e. The van der Waals surface area contributed by atoms with E-state index in [1.165, 1.54) is 0 Å². The first-order chi connectivity index (χ1) is 11.5. The van der Waals surface area contributed by atoms with Crippen molar-refractivity contribution in [1.82, 2.24) is 15.1 Å². The second-order valence-corrected chi connectivity index (χ2v) is 7.54. The van der Waals surface area contributed by atoms with Gasteiger partial charge in [0.15, 0.2) is 0 Å². The Morgan fingerprint density at radius 3 is 2.80 bits per heavy atom. The first kappa shape index (κ1) is 19.3. The van der Waals surface area contributed by atoms with Crippen LogP contribution >= 0.6 is 0 Å². The van der Waals surface area contributed by atoms with Gasteiger partial charge in [-0.15, -0.1) is 0 Å². The van der Waals surface area contributed by atoms with E-state index in [0.717, 1.165) is 11.2 Å². The number of H-pyrrole nitrogens is 1. The molecule has 1 amide bonds. The van der Waals surface area contributed by atoms with Gasteiger partial charge in [-0.2, -0.15) is 22.3 Å². The summed E-state index contributed by atoms with van der Waals surface area (Å²) in [6.45, 7) is 3.23. The molecule has 0 unspecified atom stereocenters. The largest absolute Gasteiger partial charge is 0.465 e. The average molecular weight is 379 g/mol. The standard InChI is InChI=1S/C14H19F2N3O5S/c1-9(8-24-25(2,22)23)3-5-14(15,16)12-10-7-19(13(20)21)6-4-11(10)17-18-12/h1,3-8H2,2H3,(H,17,18)(H,20,21). The smallest absolute Gasteiger partial charge is 0.407 e. The number of nitrogens with zero attached hydrogens (tertiary/aromatic N) is 2. The van der Waals surface area contributed by atoms with Gasteiger partial charge in [-0.25, -0.2) is 4.79 Å². The van der Waals surface area contributed by atoms with Crippen LogP contribution in [-0.4, -0.2) is 54.1 Å². The number of carbonyl (C=O) groups is 1. The Morgan fingerprint density at radius 2 is 2.20 bits per heavy atom. The first-order valence-corrected chi connectivity index (χ1v) is 9.24. The van der Waals surface area contributed by atoms with Crippen LogP contribution in [-0.2, 0) is 33.2 Å². The molecule has 1 aromatic rings. The van der Waals surface area contributed by atoms with E-state index in [4.69, 9.17) is 5.11 Å². The summed E-state index contributed by atoms with van der Waals surface area (Å²) in [5, 5.41) is 15.2. The quantitative estimate of drug-likeness (QED) is 0.552. The van der Waals surface area contributed by atoms with Gasteiger partial charge in [0.25, 0.3) is 16.0 Å². The fraction of sp³-hybridized carbons (Fsp3) is 0.571. The Morgan fingerprint density at radius 1 is 1.52 bits per heavy atom. The molecule has 8 nitrogen and oxygen atoms in total. The summed E-state index contributed by atoms with van der Waals surface area (Å²) in [6, 6.07) is 0. The topological polar surface area (TPSA) is 113 Å². The fourth-order valence-corrected chi connectivity index (χ4v) is 2.86. The number of hydrogen-bond acceptors (Lipinski definition) is 5. The van der Waals surface area contributed by atoms with Crippen LogP contribution in [0.1, 0.15) is 29.8 Å². The van der Waals surface area contributed by atoms with Gasteiger partial charge in [-0.05, 0) is 6.42 Å². The highest BCUT2D eigenvalue weighted by atomic mass is 32.2. The second-order valence-electron chi connectivity index (χ2n) is 5.90. The summed E-state index contributed by atoms with van der Waals surface area (Å²) in [4.78, 5) is 12.1. The summed E-state index contributed by atoms with van der Waals surface area (Å²) >= 11 is 0. The summed E-state index contributed by atoms with van der Waals surface area (Å²) in [7, 11) is -3.67. The van der Waals surface area contributed by atoms with Gasteiger partial charge in [-0.3, -0.25) is 9.28 Å². The molecule has 1 aliphatic heterocycles. The third-order valence-corrected chi connectivity index (χ3v) is 4.37. The van der Waals surface area contributed by atoms with E-state index in [9.17, 15) is 22.0 Å². The molecule has 0 aromatic carbocycles. The lowest BCUT2D eigenvalue weighted by atomic mass is 9.99. The molecule has 2 rings (SSSR count). The molecule has 0 aliphatic carbocycles. The van der Waals surface area contributed by atoms with Crippen LogP contribution in [0.15, 0.2) is 12.2 Å². The highest BCUT2D eigenvalue weighted by molar-refractivity contribution is 7.85. The maximum absolute atomic E-state index is 14.5. The summed E-state index contributed by atoms with van der Waals surface area (Å²) in [6.07, 6.45) is -0.824. The molecule has 2 N–H and O–H groups in total. The molecule has 1 aromatic heterocycles. The molecule has 140 valence electrons. The predicted octanol–water partition coefficient (Wildman–Crippen LogP) is 1.85. The van der Waals surface area contributed by atoms with Crippen LogP contribution < -0.4 is 0 Å². The number of alkyl halides is 2. The van der Waals surface area contributed by atoms with Gasteiger partial charge in [-0.1, -0.05) is 12.2 Å². The zero-order valence-corrected chi connectivity index (χ0v) is 14.4. The van der Waals surface area contributed by atoms with Gasteiger partial charge in [0.2, 0.25) is 0 Å². The highest BCUT2D eigenvalue weighted by Crippen LogP contribution is 2.37. The lowest BCUT2D eigenvalue weighted by molar-refractivity contribution is -0.0192. The molecule has 2 heterocycles. The fourth-order valence-electron chi connectivity index (χ4n) is 2.48. The van der Waals surface area contributed by atoms with E-state index < -0.39 is 34.2 Å². The molecular weight excluding hydrogens is 360 g/mol. The van der Waals surface area contributed by atoms with E-state index in [2.05, 4.69) is 21.0 Å². The number of nitrogens with one attached hydrogen (secondary N) is 1. The van der Waals surface area contributed by atoms with Gasteiger partial charge in [0, 0.05) is 24.9 Å². The Balaban J connectivity index is 2.04. The molecule has 0 bridgehead atoms.